The molecule has 38 heavy (non-hydrogen) atoms. The van der Waals surface area contributed by atoms with Gasteiger partial charge in [-0.1, -0.05) is 54.6 Å². The van der Waals surface area contributed by atoms with Gasteiger partial charge in [0.25, 0.3) is 0 Å². The molecule has 1 fully saturated rings. The molecule has 0 aliphatic heterocycles. The van der Waals surface area contributed by atoms with Crippen LogP contribution in [0.5, 0.6) is 0 Å². The molecule has 0 spiro atoms. The number of aliphatic carboxylic acids is 1. The molecule has 1 saturated carbocycles. The SMILES string of the molecule is CCOC(C)OC1C[C@H](O)[C@H](C/C=C\CCCC(=O)O)[C@H]1/C=C/[C@H](CCc1ccccc1)OC(C)OCC. The Bertz CT molecular complexity index is 825. The third-order valence-corrected chi connectivity index (χ3v) is 6.87. The number of aliphatic hydroxyl groups is 1. The summed E-state index contributed by atoms with van der Waals surface area (Å²) in [6.07, 6.45) is 11.2. The monoisotopic (exact) mass is 532 g/mol. The van der Waals surface area contributed by atoms with Crippen molar-refractivity contribution in [3.63, 3.8) is 0 Å². The molecule has 1 aliphatic carbocycles. The minimum absolute atomic E-state index is 0.0122. The zero-order valence-corrected chi connectivity index (χ0v) is 23.5. The Morgan fingerprint density at radius 2 is 1.79 bits per heavy atom. The summed E-state index contributed by atoms with van der Waals surface area (Å²) in [4.78, 5) is 10.7. The van der Waals surface area contributed by atoms with Gasteiger partial charge in [-0.3, -0.25) is 4.79 Å². The molecule has 0 amide bonds. The Morgan fingerprint density at radius 3 is 2.47 bits per heavy atom. The first-order valence-corrected chi connectivity index (χ1v) is 14.1. The fraction of sp³-hybridized carbons (Fsp3) is 0.645. The predicted molar refractivity (Wildman–Crippen MR) is 149 cm³/mol. The van der Waals surface area contributed by atoms with E-state index < -0.39 is 12.1 Å². The van der Waals surface area contributed by atoms with Crippen LogP contribution in [0.25, 0.3) is 0 Å². The molecule has 0 bridgehead atoms. The van der Waals surface area contributed by atoms with Crippen molar-refractivity contribution in [1.29, 1.82) is 0 Å². The molecule has 1 aromatic rings. The van der Waals surface area contributed by atoms with Gasteiger partial charge in [0.1, 0.15) is 0 Å². The lowest BCUT2D eigenvalue weighted by Gasteiger charge is -2.26. The molecule has 214 valence electrons. The summed E-state index contributed by atoms with van der Waals surface area (Å²) in [5.41, 5.74) is 1.26. The maximum atomic E-state index is 11.0. The van der Waals surface area contributed by atoms with Crippen molar-refractivity contribution in [3.8, 4) is 0 Å². The van der Waals surface area contributed by atoms with E-state index in [4.69, 9.17) is 24.1 Å². The van der Waals surface area contributed by atoms with Gasteiger partial charge in [0.15, 0.2) is 12.6 Å². The summed E-state index contributed by atoms with van der Waals surface area (Å²) in [5, 5.41) is 19.8. The molecule has 7 heteroatoms. The first-order valence-electron chi connectivity index (χ1n) is 14.1. The lowest BCUT2D eigenvalue weighted by Crippen LogP contribution is -2.27. The molecular formula is C31H48O7. The Labute approximate surface area is 228 Å². The number of carboxylic acids is 1. The number of rotatable bonds is 19. The highest BCUT2D eigenvalue weighted by Crippen LogP contribution is 2.39. The highest BCUT2D eigenvalue weighted by Gasteiger charge is 2.42. The maximum absolute atomic E-state index is 11.0. The van der Waals surface area contributed by atoms with Gasteiger partial charge < -0.3 is 29.2 Å². The van der Waals surface area contributed by atoms with E-state index in [9.17, 15) is 9.90 Å². The third-order valence-electron chi connectivity index (χ3n) is 6.87. The molecule has 0 heterocycles. The summed E-state index contributed by atoms with van der Waals surface area (Å²) in [5.74, 6) is -0.803. The number of unbranched alkanes of at least 4 members (excludes halogenated alkanes) is 1. The molecule has 0 radical (unpaired) electrons. The number of ether oxygens (including phenoxy) is 4. The van der Waals surface area contributed by atoms with Crippen molar-refractivity contribution in [2.24, 2.45) is 11.8 Å². The molecule has 0 aromatic heterocycles. The van der Waals surface area contributed by atoms with Crippen molar-refractivity contribution in [2.75, 3.05) is 13.2 Å². The van der Waals surface area contributed by atoms with Gasteiger partial charge in [0, 0.05) is 32.0 Å². The van der Waals surface area contributed by atoms with E-state index in [-0.39, 0.29) is 43.0 Å². The van der Waals surface area contributed by atoms with Crippen LogP contribution in [0.15, 0.2) is 54.6 Å². The standard InChI is InChI=1S/C31H48O7/c1-5-35-23(3)37-26(19-18-25-14-10-9-11-15-25)20-21-28-27(16-12-7-8-13-17-31(33)34)29(32)22-30(28)38-24(4)36-6-2/h7,9-12,14-15,20-21,23-24,26-30,32H,5-6,8,13,16-19,22H2,1-4H3,(H,33,34)/b12-7-,21-20+/t23?,24?,26-,27+,28+,29-,30?/m0/s1. The van der Waals surface area contributed by atoms with Crippen molar-refractivity contribution in [1.82, 2.24) is 0 Å². The Balaban J connectivity index is 2.15. The van der Waals surface area contributed by atoms with Gasteiger partial charge in [-0.2, -0.15) is 0 Å². The van der Waals surface area contributed by atoms with Crippen LogP contribution in [0.2, 0.25) is 0 Å². The van der Waals surface area contributed by atoms with Crippen molar-refractivity contribution in [2.45, 2.75) is 104 Å². The number of allylic oxidation sites excluding steroid dienone is 2. The summed E-state index contributed by atoms with van der Waals surface area (Å²) in [6, 6.07) is 10.4. The van der Waals surface area contributed by atoms with Gasteiger partial charge >= 0.3 is 5.97 Å². The van der Waals surface area contributed by atoms with Crippen LogP contribution in [0.1, 0.15) is 71.8 Å². The van der Waals surface area contributed by atoms with Gasteiger partial charge in [-0.05, 0) is 71.3 Å². The van der Waals surface area contributed by atoms with E-state index >= 15 is 0 Å². The molecule has 7 atom stereocenters. The average Bonchev–Trinajstić information content (AvgIpc) is 3.17. The number of carbonyl (C=O) groups is 1. The topological polar surface area (TPSA) is 94.5 Å². The molecule has 7 nitrogen and oxygen atoms in total. The first-order chi connectivity index (χ1) is 18.3. The second kappa shape index (κ2) is 18.3. The predicted octanol–water partition coefficient (Wildman–Crippen LogP) is 5.91. The average molecular weight is 533 g/mol. The third kappa shape index (κ3) is 12.2. The van der Waals surface area contributed by atoms with E-state index in [1.165, 1.54) is 5.56 Å². The maximum Gasteiger partial charge on any atom is 0.303 e. The fourth-order valence-electron chi connectivity index (χ4n) is 5.03. The van der Waals surface area contributed by atoms with E-state index in [0.717, 1.165) is 12.8 Å². The lowest BCUT2D eigenvalue weighted by molar-refractivity contribution is -0.163. The van der Waals surface area contributed by atoms with Crippen molar-refractivity contribution < 1.29 is 34.0 Å². The molecule has 1 aromatic carbocycles. The smallest absolute Gasteiger partial charge is 0.303 e. The quantitative estimate of drug-likeness (QED) is 0.130. The second-order valence-electron chi connectivity index (χ2n) is 9.84. The van der Waals surface area contributed by atoms with Crippen LogP contribution >= 0.6 is 0 Å². The second-order valence-corrected chi connectivity index (χ2v) is 9.84. The van der Waals surface area contributed by atoms with Crippen molar-refractivity contribution in [3.05, 3.63) is 60.2 Å². The molecule has 2 rings (SSSR count). The fourth-order valence-corrected chi connectivity index (χ4v) is 5.03. The minimum atomic E-state index is -0.777. The van der Waals surface area contributed by atoms with Crippen molar-refractivity contribution >= 4 is 5.97 Å². The minimum Gasteiger partial charge on any atom is -0.481 e. The lowest BCUT2D eigenvalue weighted by atomic mass is 9.89. The zero-order chi connectivity index (χ0) is 27.8. The van der Waals surface area contributed by atoms with Gasteiger partial charge in [0.2, 0.25) is 0 Å². The molecular weight excluding hydrogens is 484 g/mol. The Hall–Kier alpha value is -2.03. The summed E-state index contributed by atoms with van der Waals surface area (Å²) >= 11 is 0. The van der Waals surface area contributed by atoms with E-state index in [0.29, 0.717) is 38.9 Å². The number of aliphatic hydroxyl groups excluding tert-OH is 1. The van der Waals surface area contributed by atoms with Crippen LogP contribution in [-0.2, 0) is 30.2 Å². The zero-order valence-electron chi connectivity index (χ0n) is 23.5. The van der Waals surface area contributed by atoms with Gasteiger partial charge in [-0.15, -0.1) is 0 Å². The van der Waals surface area contributed by atoms with Crippen LogP contribution in [0.4, 0.5) is 0 Å². The number of carboxylic acid groups (broad SMARTS) is 1. The van der Waals surface area contributed by atoms with Crippen LogP contribution in [0, 0.1) is 11.8 Å². The summed E-state index contributed by atoms with van der Waals surface area (Å²) in [6.45, 7) is 8.84. The molecule has 0 saturated heterocycles. The van der Waals surface area contributed by atoms with Gasteiger partial charge in [0.05, 0.1) is 18.3 Å². The summed E-state index contributed by atoms with van der Waals surface area (Å²) < 4.78 is 23.7. The number of hydrogen-bond donors (Lipinski definition) is 2. The van der Waals surface area contributed by atoms with E-state index in [1.54, 1.807) is 0 Å². The molecule has 2 N–H and O–H groups in total. The normalized spacial score (nSPS) is 24.2. The largest absolute Gasteiger partial charge is 0.481 e. The summed E-state index contributed by atoms with van der Waals surface area (Å²) in [7, 11) is 0. The molecule has 1 aliphatic rings. The first kappa shape index (κ1) is 32.2. The highest BCUT2D eigenvalue weighted by atomic mass is 16.7. The number of hydrogen-bond acceptors (Lipinski definition) is 6. The van der Waals surface area contributed by atoms with E-state index in [2.05, 4.69) is 30.4 Å². The molecule has 3 unspecified atom stereocenters. The Kier molecular flexibility index (Phi) is 15.5. The van der Waals surface area contributed by atoms with Crippen LogP contribution < -0.4 is 0 Å². The van der Waals surface area contributed by atoms with E-state index in [1.807, 2.05) is 52.0 Å². The van der Waals surface area contributed by atoms with Crippen LogP contribution in [0.3, 0.4) is 0 Å². The number of aryl methyl sites for hydroxylation is 1. The highest BCUT2D eigenvalue weighted by molar-refractivity contribution is 5.66. The Morgan fingerprint density at radius 1 is 1.08 bits per heavy atom. The van der Waals surface area contributed by atoms with Gasteiger partial charge in [-0.25, -0.2) is 0 Å². The number of benzene rings is 1. The van der Waals surface area contributed by atoms with Crippen LogP contribution in [-0.4, -0.2) is 60.3 Å².